The van der Waals surface area contributed by atoms with Crippen molar-refractivity contribution in [2.45, 2.75) is 32.5 Å². The number of aromatic nitrogens is 2. The summed E-state index contributed by atoms with van der Waals surface area (Å²) < 4.78 is 57.6. The molecule has 2 rings (SSSR count). The molecule has 1 atom stereocenters. The molecule has 1 unspecified atom stereocenters. The lowest BCUT2D eigenvalue weighted by atomic mass is 10.3. The molecule has 0 saturated heterocycles. The molecule has 2 aromatic rings. The molecule has 130 valence electrons. The van der Waals surface area contributed by atoms with E-state index in [1.54, 1.807) is 20.9 Å². The Kier molecular flexibility index (Phi) is 5.26. The molecule has 0 saturated carbocycles. The van der Waals surface area contributed by atoms with Crippen molar-refractivity contribution in [3.05, 3.63) is 41.8 Å². The molecule has 24 heavy (non-hydrogen) atoms. The third kappa shape index (κ3) is 4.12. The predicted molar refractivity (Wildman–Crippen MR) is 81.9 cm³/mol. The minimum Gasteiger partial charge on any atom is -0.474 e. The highest BCUT2D eigenvalue weighted by atomic mass is 19.4. The summed E-state index contributed by atoms with van der Waals surface area (Å²) in [7, 11) is 1.57. The van der Waals surface area contributed by atoms with Gasteiger partial charge in [-0.3, -0.25) is 0 Å². The zero-order chi connectivity index (χ0) is 17.9. The van der Waals surface area contributed by atoms with Crippen molar-refractivity contribution in [2.75, 3.05) is 11.9 Å². The molecule has 1 aromatic heterocycles. The van der Waals surface area contributed by atoms with E-state index < -0.39 is 29.5 Å². The molecule has 0 aliphatic heterocycles. The molecular weight excluding hydrogens is 326 g/mol. The number of hydrogen-bond acceptors (Lipinski definition) is 4. The molecule has 0 radical (unpaired) electrons. The van der Waals surface area contributed by atoms with Gasteiger partial charge in [-0.05, 0) is 37.6 Å². The minimum atomic E-state index is -4.62. The second-order valence-electron chi connectivity index (χ2n) is 5.26. The Morgan fingerprint density at radius 2 is 1.83 bits per heavy atom. The quantitative estimate of drug-likeness (QED) is 0.745. The summed E-state index contributed by atoms with van der Waals surface area (Å²) in [6, 6.07) is 5.44. The van der Waals surface area contributed by atoms with E-state index in [0.29, 0.717) is 18.3 Å². The molecule has 0 amide bonds. The number of anilines is 2. The first-order valence-corrected chi connectivity index (χ1v) is 7.32. The van der Waals surface area contributed by atoms with Crippen LogP contribution in [0.4, 0.5) is 29.2 Å². The van der Waals surface area contributed by atoms with Crippen LogP contribution in [0.25, 0.3) is 0 Å². The Balaban J connectivity index is 2.40. The molecule has 0 fully saturated rings. The average Bonchev–Trinajstić information content (AvgIpc) is 2.53. The van der Waals surface area contributed by atoms with E-state index in [4.69, 9.17) is 4.74 Å². The second kappa shape index (κ2) is 7.02. The summed E-state index contributed by atoms with van der Waals surface area (Å²) in [4.78, 5) is 9.11. The maximum atomic E-state index is 13.1. The van der Waals surface area contributed by atoms with E-state index in [0.717, 1.165) is 0 Å². The fraction of sp³-hybridized carbons (Fsp3) is 0.375. The number of hydrogen-bond donors (Lipinski definition) is 0. The minimum absolute atomic E-state index is 0.0212. The van der Waals surface area contributed by atoms with Gasteiger partial charge in [0.25, 0.3) is 0 Å². The molecule has 0 aliphatic rings. The SMILES string of the molecule is CCC(C)Oc1nc(N(C)c2ccc(F)cc2)ncc1C(F)(F)F. The molecule has 1 aromatic carbocycles. The number of rotatable bonds is 5. The van der Waals surface area contributed by atoms with Crippen molar-refractivity contribution in [2.24, 2.45) is 0 Å². The molecule has 8 heteroatoms. The van der Waals surface area contributed by atoms with Gasteiger partial charge in [0.05, 0.1) is 6.10 Å². The van der Waals surface area contributed by atoms with Crippen molar-refractivity contribution in [1.82, 2.24) is 9.97 Å². The number of halogens is 4. The van der Waals surface area contributed by atoms with Gasteiger partial charge in [0, 0.05) is 18.9 Å². The first-order valence-electron chi connectivity index (χ1n) is 7.32. The van der Waals surface area contributed by atoms with Crippen LogP contribution in [0.2, 0.25) is 0 Å². The second-order valence-corrected chi connectivity index (χ2v) is 5.26. The standard InChI is InChI=1S/C16H17F4N3O/c1-4-10(2)24-14-13(16(18,19)20)9-21-15(22-14)23(3)12-7-5-11(17)6-8-12/h5-10H,4H2,1-3H3. The lowest BCUT2D eigenvalue weighted by Gasteiger charge is -2.21. The monoisotopic (exact) mass is 343 g/mol. The van der Waals surface area contributed by atoms with Crippen LogP contribution in [0.5, 0.6) is 5.88 Å². The summed E-state index contributed by atoms with van der Waals surface area (Å²) in [5, 5.41) is 0. The van der Waals surface area contributed by atoms with E-state index in [9.17, 15) is 17.6 Å². The Morgan fingerprint density at radius 1 is 1.21 bits per heavy atom. The zero-order valence-electron chi connectivity index (χ0n) is 13.4. The van der Waals surface area contributed by atoms with Crippen LogP contribution in [0.3, 0.4) is 0 Å². The van der Waals surface area contributed by atoms with E-state index in [1.807, 2.05) is 0 Å². The van der Waals surface area contributed by atoms with Crippen LogP contribution >= 0.6 is 0 Å². The normalized spacial score (nSPS) is 12.8. The Bertz CT molecular complexity index is 689. The van der Waals surface area contributed by atoms with Crippen molar-refractivity contribution >= 4 is 11.6 Å². The molecular formula is C16H17F4N3O. The van der Waals surface area contributed by atoms with Crippen LogP contribution in [-0.2, 0) is 6.18 Å². The highest BCUT2D eigenvalue weighted by Gasteiger charge is 2.37. The van der Waals surface area contributed by atoms with Crippen molar-refractivity contribution in [3.8, 4) is 5.88 Å². The van der Waals surface area contributed by atoms with Crippen LogP contribution in [-0.4, -0.2) is 23.1 Å². The summed E-state index contributed by atoms with van der Waals surface area (Å²) in [5.74, 6) is -0.912. The van der Waals surface area contributed by atoms with Gasteiger partial charge in [0.2, 0.25) is 11.8 Å². The van der Waals surface area contributed by atoms with Crippen LogP contribution in [0.1, 0.15) is 25.8 Å². The number of nitrogens with zero attached hydrogens (tertiary/aromatic N) is 3. The van der Waals surface area contributed by atoms with Gasteiger partial charge in [-0.15, -0.1) is 0 Å². The molecule has 0 bridgehead atoms. The first-order chi connectivity index (χ1) is 11.2. The molecule has 4 nitrogen and oxygen atoms in total. The van der Waals surface area contributed by atoms with Gasteiger partial charge in [0.1, 0.15) is 11.4 Å². The fourth-order valence-electron chi connectivity index (χ4n) is 1.86. The van der Waals surface area contributed by atoms with Gasteiger partial charge in [-0.2, -0.15) is 18.2 Å². The summed E-state index contributed by atoms with van der Waals surface area (Å²) >= 11 is 0. The summed E-state index contributed by atoms with van der Waals surface area (Å²) in [6.45, 7) is 3.45. The highest BCUT2D eigenvalue weighted by molar-refractivity contribution is 5.56. The van der Waals surface area contributed by atoms with Crippen molar-refractivity contribution in [3.63, 3.8) is 0 Å². The number of benzene rings is 1. The average molecular weight is 343 g/mol. The van der Waals surface area contributed by atoms with Gasteiger partial charge in [0.15, 0.2) is 0 Å². The smallest absolute Gasteiger partial charge is 0.423 e. The van der Waals surface area contributed by atoms with Crippen LogP contribution in [0.15, 0.2) is 30.5 Å². The van der Waals surface area contributed by atoms with Crippen LogP contribution < -0.4 is 9.64 Å². The summed E-state index contributed by atoms with van der Waals surface area (Å²) in [5.41, 5.74) is -0.496. The van der Waals surface area contributed by atoms with Gasteiger partial charge in [-0.25, -0.2) is 9.37 Å². The van der Waals surface area contributed by atoms with Gasteiger partial charge in [-0.1, -0.05) is 6.92 Å². The highest BCUT2D eigenvalue weighted by Crippen LogP contribution is 2.36. The Morgan fingerprint density at radius 3 is 2.38 bits per heavy atom. The van der Waals surface area contributed by atoms with Gasteiger partial charge >= 0.3 is 6.18 Å². The Hall–Kier alpha value is -2.38. The van der Waals surface area contributed by atoms with E-state index in [2.05, 4.69) is 9.97 Å². The molecule has 1 heterocycles. The van der Waals surface area contributed by atoms with E-state index in [1.165, 1.54) is 29.2 Å². The molecule has 0 N–H and O–H groups in total. The molecule has 0 spiro atoms. The maximum Gasteiger partial charge on any atom is 0.423 e. The Labute approximate surface area is 137 Å². The molecule has 0 aliphatic carbocycles. The van der Waals surface area contributed by atoms with Gasteiger partial charge < -0.3 is 9.64 Å². The van der Waals surface area contributed by atoms with E-state index >= 15 is 0 Å². The van der Waals surface area contributed by atoms with Crippen molar-refractivity contribution in [1.29, 1.82) is 0 Å². The maximum absolute atomic E-state index is 13.1. The van der Waals surface area contributed by atoms with E-state index in [-0.39, 0.29) is 5.95 Å². The lowest BCUT2D eigenvalue weighted by molar-refractivity contribution is -0.139. The summed E-state index contributed by atoms with van der Waals surface area (Å²) in [6.07, 6.45) is -3.81. The number of alkyl halides is 3. The fourth-order valence-corrected chi connectivity index (χ4v) is 1.86. The topological polar surface area (TPSA) is 38.2 Å². The predicted octanol–water partition coefficient (Wildman–Crippen LogP) is 4.58. The third-order valence-electron chi connectivity index (χ3n) is 3.45. The number of ether oxygens (including phenoxy) is 1. The largest absolute Gasteiger partial charge is 0.474 e. The lowest BCUT2D eigenvalue weighted by Crippen LogP contribution is -2.19. The third-order valence-corrected chi connectivity index (χ3v) is 3.45. The zero-order valence-corrected chi connectivity index (χ0v) is 13.4. The van der Waals surface area contributed by atoms with Crippen LogP contribution in [0, 0.1) is 5.82 Å². The first kappa shape index (κ1) is 18.0. The van der Waals surface area contributed by atoms with Crippen molar-refractivity contribution < 1.29 is 22.3 Å².